The summed E-state index contributed by atoms with van der Waals surface area (Å²) in [5.74, 6) is 1.11. The minimum atomic E-state index is 0.237. The summed E-state index contributed by atoms with van der Waals surface area (Å²) in [5, 5.41) is 1.25. The molecule has 0 bridgehead atoms. The normalized spacial score (nSPS) is 19.5. The summed E-state index contributed by atoms with van der Waals surface area (Å²) in [6, 6.07) is 17.0. The van der Waals surface area contributed by atoms with E-state index in [1.165, 1.54) is 27.7 Å². The maximum Gasteiger partial charge on any atom is 0.237 e. The van der Waals surface area contributed by atoms with Crippen molar-refractivity contribution in [3.8, 4) is 5.75 Å². The lowest BCUT2D eigenvalue weighted by Gasteiger charge is -2.31. The van der Waals surface area contributed by atoms with Gasteiger partial charge in [-0.25, -0.2) is 0 Å². The summed E-state index contributed by atoms with van der Waals surface area (Å²) < 4.78 is 5.28. The van der Waals surface area contributed by atoms with Crippen LogP contribution in [0.3, 0.4) is 0 Å². The van der Waals surface area contributed by atoms with Gasteiger partial charge in [-0.05, 0) is 43.1 Å². The van der Waals surface area contributed by atoms with Gasteiger partial charge in [0.05, 0.1) is 13.7 Å². The number of fused-ring (bicyclic) bond motifs is 3. The average molecular weight is 389 g/mol. The quantitative estimate of drug-likeness (QED) is 0.736. The van der Waals surface area contributed by atoms with Crippen molar-refractivity contribution in [1.82, 2.24) is 14.8 Å². The predicted octanol–water partition coefficient (Wildman–Crippen LogP) is 3.90. The molecule has 0 spiro atoms. The minimum absolute atomic E-state index is 0.237. The monoisotopic (exact) mass is 389 g/mol. The van der Waals surface area contributed by atoms with Crippen molar-refractivity contribution in [2.24, 2.45) is 0 Å². The fourth-order valence-electron chi connectivity index (χ4n) is 4.87. The average Bonchev–Trinajstić information content (AvgIpc) is 3.37. The highest BCUT2D eigenvalue weighted by Gasteiger charge is 2.30. The van der Waals surface area contributed by atoms with E-state index in [0.717, 1.165) is 38.1 Å². The predicted molar refractivity (Wildman–Crippen MR) is 114 cm³/mol. The summed E-state index contributed by atoms with van der Waals surface area (Å²) in [6.07, 6.45) is 3.14. The minimum Gasteiger partial charge on any atom is -0.497 e. The highest BCUT2D eigenvalue weighted by atomic mass is 16.5. The van der Waals surface area contributed by atoms with Crippen LogP contribution >= 0.6 is 0 Å². The summed E-state index contributed by atoms with van der Waals surface area (Å²) in [6.45, 7) is 2.97. The number of hydrogen-bond donors (Lipinski definition) is 1. The molecule has 1 fully saturated rings. The molecule has 1 saturated heterocycles. The van der Waals surface area contributed by atoms with Crippen molar-refractivity contribution in [3.63, 3.8) is 0 Å². The fraction of sp³-hybridized carbons (Fsp3) is 0.375. The molecule has 29 heavy (non-hydrogen) atoms. The number of aromatic amines is 1. The largest absolute Gasteiger partial charge is 0.497 e. The van der Waals surface area contributed by atoms with Crippen LogP contribution in [0.2, 0.25) is 0 Å². The first-order valence-electron chi connectivity index (χ1n) is 10.5. The number of methoxy groups -OCH3 is 1. The molecule has 150 valence electrons. The van der Waals surface area contributed by atoms with Crippen LogP contribution in [-0.2, 0) is 17.8 Å². The first-order valence-corrected chi connectivity index (χ1v) is 10.5. The number of H-pyrrole nitrogens is 1. The number of aromatic nitrogens is 1. The number of para-hydroxylation sites is 1. The third kappa shape index (κ3) is 3.40. The Morgan fingerprint density at radius 3 is 2.79 bits per heavy atom. The molecular weight excluding hydrogens is 362 g/mol. The molecule has 5 heteroatoms. The standard InChI is InChI=1S/C24H27N3O2/c1-29-18-10-8-17(9-11-18)23-7-4-13-26(23)16-24(28)27-14-12-22-20(15-27)19-5-2-3-6-21(19)25-22/h2-3,5-6,8-11,23,25H,4,7,12-16H2,1H3. The van der Waals surface area contributed by atoms with Crippen LogP contribution < -0.4 is 4.74 Å². The third-order valence-electron chi connectivity index (χ3n) is 6.44. The van der Waals surface area contributed by atoms with E-state index in [4.69, 9.17) is 4.74 Å². The van der Waals surface area contributed by atoms with Crippen molar-refractivity contribution < 1.29 is 9.53 Å². The number of benzene rings is 2. The number of ether oxygens (including phenoxy) is 1. The Labute approximate surface area is 171 Å². The number of nitrogens with zero attached hydrogens (tertiary/aromatic N) is 2. The topological polar surface area (TPSA) is 48.6 Å². The van der Waals surface area contributed by atoms with Crippen LogP contribution in [0.1, 0.15) is 35.7 Å². The van der Waals surface area contributed by atoms with Crippen molar-refractivity contribution in [3.05, 3.63) is 65.4 Å². The zero-order valence-corrected chi connectivity index (χ0v) is 16.9. The van der Waals surface area contributed by atoms with Gasteiger partial charge in [-0.2, -0.15) is 0 Å². The second-order valence-corrected chi connectivity index (χ2v) is 8.09. The van der Waals surface area contributed by atoms with E-state index >= 15 is 0 Å². The van der Waals surface area contributed by atoms with Crippen molar-refractivity contribution >= 4 is 16.8 Å². The van der Waals surface area contributed by atoms with E-state index in [0.29, 0.717) is 19.1 Å². The van der Waals surface area contributed by atoms with E-state index in [9.17, 15) is 4.79 Å². The number of hydrogen-bond acceptors (Lipinski definition) is 3. The molecule has 1 N–H and O–H groups in total. The van der Waals surface area contributed by atoms with E-state index in [-0.39, 0.29) is 5.91 Å². The zero-order chi connectivity index (χ0) is 19.8. The highest BCUT2D eigenvalue weighted by Crippen LogP contribution is 2.33. The molecule has 3 aromatic rings. The summed E-state index contributed by atoms with van der Waals surface area (Å²) in [7, 11) is 1.69. The zero-order valence-electron chi connectivity index (χ0n) is 16.9. The molecule has 2 aliphatic rings. The van der Waals surface area contributed by atoms with Crippen LogP contribution in [0.5, 0.6) is 5.75 Å². The lowest BCUT2D eigenvalue weighted by Crippen LogP contribution is -2.42. The molecule has 2 aromatic carbocycles. The molecule has 1 unspecified atom stereocenters. The van der Waals surface area contributed by atoms with E-state index in [1.54, 1.807) is 7.11 Å². The number of amides is 1. The van der Waals surface area contributed by atoms with E-state index in [2.05, 4.69) is 46.3 Å². The van der Waals surface area contributed by atoms with Gasteiger partial charge in [0.2, 0.25) is 5.91 Å². The van der Waals surface area contributed by atoms with Crippen LogP contribution in [0.15, 0.2) is 48.5 Å². The molecular formula is C24H27N3O2. The van der Waals surface area contributed by atoms with Crippen LogP contribution in [0.4, 0.5) is 0 Å². The number of rotatable bonds is 4. The first kappa shape index (κ1) is 18.3. The molecule has 3 heterocycles. The molecule has 1 atom stereocenters. The van der Waals surface area contributed by atoms with E-state index in [1.807, 2.05) is 17.0 Å². The van der Waals surface area contributed by atoms with Gasteiger partial charge < -0.3 is 14.6 Å². The molecule has 5 nitrogen and oxygen atoms in total. The summed E-state index contributed by atoms with van der Waals surface area (Å²) >= 11 is 0. The Morgan fingerprint density at radius 1 is 1.14 bits per heavy atom. The van der Waals surface area contributed by atoms with Crippen LogP contribution in [-0.4, -0.2) is 47.4 Å². The number of nitrogens with one attached hydrogen (secondary N) is 1. The van der Waals surface area contributed by atoms with Gasteiger partial charge in [0.1, 0.15) is 5.75 Å². The van der Waals surface area contributed by atoms with Crippen LogP contribution in [0.25, 0.3) is 10.9 Å². The second-order valence-electron chi connectivity index (χ2n) is 8.09. The van der Waals surface area contributed by atoms with E-state index < -0.39 is 0 Å². The highest BCUT2D eigenvalue weighted by molar-refractivity contribution is 5.86. The maximum atomic E-state index is 13.2. The lowest BCUT2D eigenvalue weighted by molar-refractivity contribution is -0.133. The molecule has 5 rings (SSSR count). The van der Waals surface area contributed by atoms with Crippen molar-refractivity contribution in [2.45, 2.75) is 31.8 Å². The Morgan fingerprint density at radius 2 is 1.97 bits per heavy atom. The maximum absolute atomic E-state index is 13.2. The molecule has 0 saturated carbocycles. The Balaban J connectivity index is 1.29. The Kier molecular flexibility index (Phi) is 4.76. The van der Waals surface area contributed by atoms with Gasteiger partial charge in [-0.1, -0.05) is 30.3 Å². The van der Waals surface area contributed by atoms with Gasteiger partial charge in [0.15, 0.2) is 0 Å². The molecule has 1 aromatic heterocycles. The van der Waals surface area contributed by atoms with Crippen LogP contribution in [0, 0.1) is 0 Å². The summed E-state index contributed by atoms with van der Waals surface area (Å²) in [4.78, 5) is 21.1. The molecule has 2 aliphatic heterocycles. The Hall–Kier alpha value is -2.79. The fourth-order valence-corrected chi connectivity index (χ4v) is 4.87. The lowest BCUT2D eigenvalue weighted by atomic mass is 10.0. The smallest absolute Gasteiger partial charge is 0.237 e. The summed E-state index contributed by atoms with van der Waals surface area (Å²) in [5.41, 5.74) is 5.01. The van der Waals surface area contributed by atoms with Gasteiger partial charge in [0.25, 0.3) is 0 Å². The number of carbonyl (C=O) groups excluding carboxylic acids is 1. The SMILES string of the molecule is COc1ccc(C2CCCN2CC(=O)N2CCc3[nH]c4ccccc4c3C2)cc1. The van der Waals surface area contributed by atoms with Gasteiger partial charge in [-0.15, -0.1) is 0 Å². The van der Waals surface area contributed by atoms with Crippen molar-refractivity contribution in [1.29, 1.82) is 0 Å². The first-order chi connectivity index (χ1) is 14.2. The number of likely N-dealkylation sites (tertiary alicyclic amines) is 1. The Bertz CT molecular complexity index is 1020. The van der Waals surface area contributed by atoms with Gasteiger partial charge in [0, 0.05) is 47.7 Å². The van der Waals surface area contributed by atoms with Crippen molar-refractivity contribution in [2.75, 3.05) is 26.7 Å². The second kappa shape index (κ2) is 7.56. The molecule has 1 amide bonds. The molecule has 0 radical (unpaired) electrons. The van der Waals surface area contributed by atoms with Gasteiger partial charge in [-0.3, -0.25) is 9.69 Å². The third-order valence-corrected chi connectivity index (χ3v) is 6.44. The van der Waals surface area contributed by atoms with Gasteiger partial charge >= 0.3 is 0 Å². The number of carbonyl (C=O) groups is 1. The molecule has 0 aliphatic carbocycles.